The SMILES string of the molecule is Cn1nccc1[C@H]1CCC(F)(F)C[C@@H]1Oc1cc(F)c(S(=O)(=O)Nc2ccncn2)cc1Cl. The van der Waals surface area contributed by atoms with Crippen molar-refractivity contribution >= 4 is 27.4 Å². The monoisotopic (exact) mass is 501 g/mol. The Morgan fingerprint density at radius 2 is 2.06 bits per heavy atom. The van der Waals surface area contributed by atoms with E-state index in [1.54, 1.807) is 24.0 Å². The van der Waals surface area contributed by atoms with Gasteiger partial charge in [-0.3, -0.25) is 9.40 Å². The predicted molar refractivity (Wildman–Crippen MR) is 113 cm³/mol. The van der Waals surface area contributed by atoms with Crippen LogP contribution in [0.3, 0.4) is 0 Å². The Kier molecular flexibility index (Phi) is 6.23. The van der Waals surface area contributed by atoms with Gasteiger partial charge in [-0.1, -0.05) is 11.6 Å². The van der Waals surface area contributed by atoms with Gasteiger partial charge in [0, 0.05) is 50.0 Å². The highest BCUT2D eigenvalue weighted by Crippen LogP contribution is 2.44. The minimum absolute atomic E-state index is 0.0655. The van der Waals surface area contributed by atoms with E-state index in [9.17, 15) is 21.6 Å². The van der Waals surface area contributed by atoms with Crippen LogP contribution in [0.1, 0.15) is 30.9 Å². The van der Waals surface area contributed by atoms with Crippen molar-refractivity contribution in [1.29, 1.82) is 0 Å². The molecule has 1 N–H and O–H groups in total. The molecule has 1 aromatic carbocycles. The molecule has 1 saturated carbocycles. The van der Waals surface area contributed by atoms with E-state index in [0.717, 1.165) is 18.5 Å². The summed E-state index contributed by atoms with van der Waals surface area (Å²) in [7, 11) is -2.68. The minimum Gasteiger partial charge on any atom is -0.488 e. The van der Waals surface area contributed by atoms with Gasteiger partial charge in [0.15, 0.2) is 0 Å². The van der Waals surface area contributed by atoms with Crippen molar-refractivity contribution in [1.82, 2.24) is 19.7 Å². The number of benzene rings is 1. The van der Waals surface area contributed by atoms with Gasteiger partial charge in [-0.05, 0) is 24.6 Å². The second-order valence-corrected chi connectivity index (χ2v) is 9.71. The molecule has 8 nitrogen and oxygen atoms in total. The van der Waals surface area contributed by atoms with Gasteiger partial charge in [-0.25, -0.2) is 31.6 Å². The van der Waals surface area contributed by atoms with Crippen LogP contribution in [0.15, 0.2) is 47.9 Å². The molecule has 3 aromatic rings. The highest BCUT2D eigenvalue weighted by atomic mass is 35.5. The van der Waals surface area contributed by atoms with Crippen molar-refractivity contribution in [3.63, 3.8) is 0 Å². The fourth-order valence-corrected chi connectivity index (χ4v) is 5.18. The van der Waals surface area contributed by atoms with Gasteiger partial charge in [0.25, 0.3) is 15.9 Å². The Morgan fingerprint density at radius 1 is 1.27 bits per heavy atom. The van der Waals surface area contributed by atoms with Gasteiger partial charge in [0.05, 0.1) is 5.02 Å². The zero-order valence-electron chi connectivity index (χ0n) is 17.3. The fraction of sp³-hybridized carbons (Fsp3) is 0.350. The summed E-state index contributed by atoms with van der Waals surface area (Å²) in [6.45, 7) is 0. The van der Waals surface area contributed by atoms with Crippen LogP contribution in [0.5, 0.6) is 5.75 Å². The van der Waals surface area contributed by atoms with E-state index in [-0.39, 0.29) is 29.4 Å². The molecule has 1 aliphatic carbocycles. The highest BCUT2D eigenvalue weighted by molar-refractivity contribution is 7.92. The van der Waals surface area contributed by atoms with Crippen LogP contribution in [-0.2, 0) is 17.1 Å². The molecule has 1 fully saturated rings. The first kappa shape index (κ1) is 23.3. The van der Waals surface area contributed by atoms with Gasteiger partial charge >= 0.3 is 0 Å². The van der Waals surface area contributed by atoms with Crippen LogP contribution >= 0.6 is 11.6 Å². The molecular formula is C20H19ClF3N5O3S. The van der Waals surface area contributed by atoms with E-state index >= 15 is 0 Å². The molecule has 33 heavy (non-hydrogen) atoms. The summed E-state index contributed by atoms with van der Waals surface area (Å²) in [5.41, 5.74) is 0.695. The molecule has 4 rings (SSSR count). The third kappa shape index (κ3) is 5.06. The first-order valence-electron chi connectivity index (χ1n) is 9.86. The highest BCUT2D eigenvalue weighted by Gasteiger charge is 2.44. The molecule has 1 aliphatic rings. The molecule has 0 saturated heterocycles. The number of hydrogen-bond donors (Lipinski definition) is 1. The average Bonchev–Trinajstić information content (AvgIpc) is 3.16. The number of halogens is 4. The lowest BCUT2D eigenvalue weighted by atomic mass is 9.82. The average molecular weight is 502 g/mol. The van der Waals surface area contributed by atoms with E-state index in [1.165, 1.54) is 12.3 Å². The Balaban J connectivity index is 1.62. The molecule has 0 spiro atoms. The van der Waals surface area contributed by atoms with Crippen molar-refractivity contribution in [3.8, 4) is 5.75 Å². The lowest BCUT2D eigenvalue weighted by Crippen LogP contribution is -2.39. The molecule has 0 aliphatic heterocycles. The Labute approximate surface area is 192 Å². The maximum Gasteiger partial charge on any atom is 0.266 e. The van der Waals surface area contributed by atoms with Crippen molar-refractivity contribution in [3.05, 3.63) is 59.5 Å². The zero-order valence-corrected chi connectivity index (χ0v) is 18.8. The second kappa shape index (κ2) is 8.82. The first-order valence-corrected chi connectivity index (χ1v) is 11.7. The van der Waals surface area contributed by atoms with Crippen molar-refractivity contribution in [2.75, 3.05) is 4.72 Å². The maximum absolute atomic E-state index is 14.8. The van der Waals surface area contributed by atoms with Gasteiger partial charge in [0.1, 0.15) is 34.7 Å². The number of nitrogens with one attached hydrogen (secondary N) is 1. The number of sulfonamides is 1. The van der Waals surface area contributed by atoms with Crippen molar-refractivity contribution in [2.45, 2.75) is 42.1 Å². The summed E-state index contributed by atoms with van der Waals surface area (Å²) in [6.07, 6.45) is 2.17. The van der Waals surface area contributed by atoms with Gasteiger partial charge in [0.2, 0.25) is 0 Å². The summed E-state index contributed by atoms with van der Waals surface area (Å²) in [6, 6.07) is 4.65. The number of rotatable bonds is 6. The topological polar surface area (TPSA) is 99.0 Å². The van der Waals surface area contributed by atoms with Crippen molar-refractivity contribution < 1.29 is 26.3 Å². The largest absolute Gasteiger partial charge is 0.488 e. The minimum atomic E-state index is -4.37. The molecule has 0 amide bonds. The molecular weight excluding hydrogens is 483 g/mol. The number of aromatic nitrogens is 4. The lowest BCUT2D eigenvalue weighted by Gasteiger charge is -2.36. The summed E-state index contributed by atoms with van der Waals surface area (Å²) in [5.74, 6) is -4.85. The number of nitrogens with zero attached hydrogens (tertiary/aromatic N) is 4. The number of alkyl halides is 2. The van der Waals surface area contributed by atoms with E-state index in [4.69, 9.17) is 16.3 Å². The molecule has 0 unspecified atom stereocenters. The fourth-order valence-electron chi connectivity index (χ4n) is 3.81. The number of ether oxygens (including phenoxy) is 1. The van der Waals surface area contributed by atoms with Crippen LogP contribution in [-0.4, -0.2) is 40.2 Å². The van der Waals surface area contributed by atoms with Gasteiger partial charge in [-0.15, -0.1) is 0 Å². The smallest absolute Gasteiger partial charge is 0.266 e. The molecule has 2 atom stereocenters. The predicted octanol–water partition coefficient (Wildman–Crippen LogP) is 4.15. The molecule has 0 radical (unpaired) electrons. The van der Waals surface area contributed by atoms with Crippen LogP contribution in [0.2, 0.25) is 5.02 Å². The third-order valence-electron chi connectivity index (χ3n) is 5.38. The number of hydrogen-bond acceptors (Lipinski definition) is 6. The van der Waals surface area contributed by atoms with E-state index in [2.05, 4.69) is 19.8 Å². The number of anilines is 1. The Hall–Kier alpha value is -2.86. The van der Waals surface area contributed by atoms with E-state index in [1.807, 2.05) is 0 Å². The van der Waals surface area contributed by atoms with E-state index < -0.39 is 45.1 Å². The summed E-state index contributed by atoms with van der Waals surface area (Å²) >= 11 is 6.19. The molecule has 2 aromatic heterocycles. The molecule has 176 valence electrons. The van der Waals surface area contributed by atoms with Gasteiger partial charge < -0.3 is 4.74 Å². The van der Waals surface area contributed by atoms with Crippen LogP contribution < -0.4 is 9.46 Å². The van der Waals surface area contributed by atoms with Crippen LogP contribution in [0.4, 0.5) is 19.0 Å². The standard InChI is InChI=1S/C20H19ClF3N5O3S/c1-29-15(3-7-27-29)12-2-5-20(23,24)10-17(12)32-16-9-14(22)18(8-13(16)21)33(30,31)28-19-4-6-25-11-26-19/h3-4,6-9,11-12,17H,2,5,10H2,1H3,(H,25,26,28)/t12-,17+/m1/s1. The quantitative estimate of drug-likeness (QED) is 0.544. The normalized spacial score (nSPS) is 20.4. The Bertz CT molecular complexity index is 1260. The summed E-state index contributed by atoms with van der Waals surface area (Å²) in [5, 5.41) is 3.84. The summed E-state index contributed by atoms with van der Waals surface area (Å²) < 4.78 is 77.8. The molecule has 13 heteroatoms. The number of aryl methyl sites for hydroxylation is 1. The Morgan fingerprint density at radius 3 is 2.73 bits per heavy atom. The molecule has 2 heterocycles. The van der Waals surface area contributed by atoms with E-state index in [0.29, 0.717) is 5.69 Å². The van der Waals surface area contributed by atoms with Crippen LogP contribution in [0, 0.1) is 5.82 Å². The van der Waals surface area contributed by atoms with Crippen LogP contribution in [0.25, 0.3) is 0 Å². The second-order valence-electron chi connectivity index (χ2n) is 7.65. The maximum atomic E-state index is 14.8. The van der Waals surface area contributed by atoms with Gasteiger partial charge in [-0.2, -0.15) is 5.10 Å². The molecule has 0 bridgehead atoms. The third-order valence-corrected chi connectivity index (χ3v) is 7.05. The zero-order chi connectivity index (χ0) is 23.8. The first-order chi connectivity index (χ1) is 15.6. The summed E-state index contributed by atoms with van der Waals surface area (Å²) in [4.78, 5) is 6.66. The lowest BCUT2D eigenvalue weighted by molar-refractivity contribution is -0.0780. The van der Waals surface area contributed by atoms with Crippen molar-refractivity contribution in [2.24, 2.45) is 7.05 Å².